The summed E-state index contributed by atoms with van der Waals surface area (Å²) in [5.41, 5.74) is 3.04. The van der Waals surface area contributed by atoms with Crippen LogP contribution >= 0.6 is 0 Å². The zero-order chi connectivity index (χ0) is 26.6. The van der Waals surface area contributed by atoms with E-state index in [0.29, 0.717) is 12.3 Å². The van der Waals surface area contributed by atoms with Crippen LogP contribution in [0.25, 0.3) is 0 Å². The van der Waals surface area contributed by atoms with E-state index in [1.807, 2.05) is 84.9 Å². The van der Waals surface area contributed by atoms with Crippen LogP contribution in [0.15, 0.2) is 96.6 Å². The molecule has 0 radical (unpaired) electrons. The Kier molecular flexibility index (Phi) is 9.96. The van der Waals surface area contributed by atoms with Crippen molar-refractivity contribution >= 4 is 11.8 Å². The van der Waals surface area contributed by atoms with Gasteiger partial charge in [0.05, 0.1) is 7.11 Å². The molecule has 6 heteroatoms. The number of nitrogens with zero attached hydrogens (tertiary/aromatic N) is 1. The van der Waals surface area contributed by atoms with Gasteiger partial charge in [0.2, 0.25) is 5.91 Å². The third kappa shape index (κ3) is 7.72. The monoisotopic (exact) mass is 512 g/mol. The molecule has 198 valence electrons. The topological polar surface area (TPSA) is 67.9 Å². The highest BCUT2D eigenvalue weighted by Gasteiger charge is 2.31. The standard InChI is InChI=1S/C32H36N2O4/c1-37-28-19-17-26(18-20-28)23-34(30(35)24-38-29-15-9-4-10-16-29)31(27-13-7-3-8-14-27)32(36)33-22-21-25-11-5-2-6-12-25/h3-4,7-11,13-20,31H,2,5-6,12,21-24H2,1H3,(H,33,36)/t31-/m0/s1. The number of para-hydroxylation sites is 1. The Bertz CT molecular complexity index is 1190. The summed E-state index contributed by atoms with van der Waals surface area (Å²) in [7, 11) is 1.62. The van der Waals surface area contributed by atoms with Gasteiger partial charge in [0.15, 0.2) is 6.61 Å². The fourth-order valence-electron chi connectivity index (χ4n) is 4.68. The van der Waals surface area contributed by atoms with Gasteiger partial charge in [-0.3, -0.25) is 9.59 Å². The Hall–Kier alpha value is -4.06. The first-order valence-corrected chi connectivity index (χ1v) is 13.2. The zero-order valence-electron chi connectivity index (χ0n) is 22.0. The van der Waals surface area contributed by atoms with Crippen molar-refractivity contribution in [2.75, 3.05) is 20.3 Å². The summed E-state index contributed by atoms with van der Waals surface area (Å²) < 4.78 is 11.1. The minimum atomic E-state index is -0.800. The van der Waals surface area contributed by atoms with Crippen molar-refractivity contribution in [2.45, 2.75) is 44.7 Å². The van der Waals surface area contributed by atoms with E-state index in [9.17, 15) is 9.59 Å². The van der Waals surface area contributed by atoms with E-state index < -0.39 is 6.04 Å². The number of carbonyl (C=O) groups excluding carboxylic acids is 2. The fraction of sp³-hybridized carbons (Fsp3) is 0.312. The largest absolute Gasteiger partial charge is 0.497 e. The molecule has 0 saturated carbocycles. The van der Waals surface area contributed by atoms with Crippen molar-refractivity contribution in [3.63, 3.8) is 0 Å². The van der Waals surface area contributed by atoms with Crippen LogP contribution in [0.5, 0.6) is 11.5 Å². The van der Waals surface area contributed by atoms with Crippen LogP contribution in [0.1, 0.15) is 49.3 Å². The average Bonchev–Trinajstić information content (AvgIpc) is 2.97. The summed E-state index contributed by atoms with van der Waals surface area (Å²) in [6.45, 7) is 0.613. The molecule has 6 nitrogen and oxygen atoms in total. The lowest BCUT2D eigenvalue weighted by molar-refractivity contribution is -0.143. The van der Waals surface area contributed by atoms with Gasteiger partial charge in [0.25, 0.3) is 5.91 Å². The highest BCUT2D eigenvalue weighted by molar-refractivity contribution is 5.89. The number of hydrogen-bond acceptors (Lipinski definition) is 4. The predicted molar refractivity (Wildman–Crippen MR) is 149 cm³/mol. The highest BCUT2D eigenvalue weighted by Crippen LogP contribution is 2.26. The van der Waals surface area contributed by atoms with Gasteiger partial charge in [-0.15, -0.1) is 0 Å². The van der Waals surface area contributed by atoms with Gasteiger partial charge in [0.1, 0.15) is 17.5 Å². The molecule has 38 heavy (non-hydrogen) atoms. The van der Waals surface area contributed by atoms with Crippen molar-refractivity contribution in [1.82, 2.24) is 10.2 Å². The van der Waals surface area contributed by atoms with Gasteiger partial charge < -0.3 is 19.7 Å². The lowest BCUT2D eigenvalue weighted by atomic mass is 9.97. The minimum Gasteiger partial charge on any atom is -0.497 e. The molecule has 0 spiro atoms. The third-order valence-corrected chi connectivity index (χ3v) is 6.74. The van der Waals surface area contributed by atoms with E-state index in [-0.39, 0.29) is 25.0 Å². The van der Waals surface area contributed by atoms with E-state index in [4.69, 9.17) is 9.47 Å². The van der Waals surface area contributed by atoms with Crippen molar-refractivity contribution in [3.8, 4) is 11.5 Å². The normalized spacial score (nSPS) is 13.7. The molecule has 0 aliphatic heterocycles. The molecule has 1 atom stereocenters. The summed E-state index contributed by atoms with van der Waals surface area (Å²) in [6, 6.07) is 25.4. The van der Waals surface area contributed by atoms with Crippen LogP contribution in [0.3, 0.4) is 0 Å². The van der Waals surface area contributed by atoms with E-state index in [1.165, 1.54) is 18.4 Å². The Morgan fingerprint density at radius 1 is 0.895 bits per heavy atom. The Morgan fingerprint density at radius 2 is 1.61 bits per heavy atom. The van der Waals surface area contributed by atoms with E-state index >= 15 is 0 Å². The van der Waals surface area contributed by atoms with Gasteiger partial charge in [-0.25, -0.2) is 0 Å². The SMILES string of the molecule is COc1ccc(CN(C(=O)COc2ccccc2)[C@H](C(=O)NCCC2=CCCCC2)c2ccccc2)cc1. The zero-order valence-corrected chi connectivity index (χ0v) is 22.0. The van der Waals surface area contributed by atoms with E-state index in [2.05, 4.69) is 11.4 Å². The molecule has 4 rings (SSSR count). The van der Waals surface area contributed by atoms with E-state index in [0.717, 1.165) is 36.1 Å². The van der Waals surface area contributed by atoms with Crippen LogP contribution in [0, 0.1) is 0 Å². The van der Waals surface area contributed by atoms with Crippen LogP contribution in [-0.2, 0) is 16.1 Å². The lowest BCUT2D eigenvalue weighted by Gasteiger charge is -2.31. The number of allylic oxidation sites excluding steroid dienone is 1. The van der Waals surface area contributed by atoms with Gasteiger partial charge >= 0.3 is 0 Å². The molecular weight excluding hydrogens is 476 g/mol. The van der Waals surface area contributed by atoms with E-state index in [1.54, 1.807) is 12.0 Å². The minimum absolute atomic E-state index is 0.177. The van der Waals surface area contributed by atoms with Gasteiger partial charge in [-0.2, -0.15) is 0 Å². The maximum absolute atomic E-state index is 13.7. The van der Waals surface area contributed by atoms with Crippen molar-refractivity contribution in [2.24, 2.45) is 0 Å². The summed E-state index contributed by atoms with van der Waals surface area (Å²) in [6.07, 6.45) is 7.78. The maximum atomic E-state index is 13.7. The highest BCUT2D eigenvalue weighted by atomic mass is 16.5. The molecule has 3 aromatic rings. The number of rotatable bonds is 12. The molecule has 1 aliphatic carbocycles. The molecule has 0 heterocycles. The molecule has 0 bridgehead atoms. The number of methoxy groups -OCH3 is 1. The number of benzene rings is 3. The number of amides is 2. The average molecular weight is 513 g/mol. The maximum Gasteiger partial charge on any atom is 0.261 e. The summed E-state index contributed by atoms with van der Waals surface area (Å²) in [4.78, 5) is 29.0. The Labute approximate surface area is 225 Å². The predicted octanol–water partition coefficient (Wildman–Crippen LogP) is 5.85. The number of ether oxygens (including phenoxy) is 2. The van der Waals surface area contributed by atoms with Gasteiger partial charge in [-0.05, 0) is 67.5 Å². The second-order valence-corrected chi connectivity index (χ2v) is 9.43. The molecule has 0 unspecified atom stereocenters. The Morgan fingerprint density at radius 3 is 2.26 bits per heavy atom. The summed E-state index contributed by atoms with van der Waals surface area (Å²) in [5.74, 6) is 0.859. The van der Waals surface area contributed by atoms with Crippen LogP contribution in [0.2, 0.25) is 0 Å². The summed E-state index contributed by atoms with van der Waals surface area (Å²) in [5, 5.41) is 3.11. The smallest absolute Gasteiger partial charge is 0.261 e. The van der Waals surface area contributed by atoms with Crippen LogP contribution in [-0.4, -0.2) is 37.0 Å². The van der Waals surface area contributed by atoms with Crippen molar-refractivity contribution in [1.29, 1.82) is 0 Å². The second-order valence-electron chi connectivity index (χ2n) is 9.43. The second kappa shape index (κ2) is 14.0. The Balaban J connectivity index is 1.57. The molecule has 3 aromatic carbocycles. The molecular formula is C32H36N2O4. The van der Waals surface area contributed by atoms with Gasteiger partial charge in [-0.1, -0.05) is 72.3 Å². The quantitative estimate of drug-likeness (QED) is 0.309. The lowest BCUT2D eigenvalue weighted by Crippen LogP contribution is -2.45. The molecule has 1 N–H and O–H groups in total. The summed E-state index contributed by atoms with van der Waals surface area (Å²) >= 11 is 0. The first kappa shape index (κ1) is 27.0. The molecule has 0 fully saturated rings. The first-order valence-electron chi connectivity index (χ1n) is 13.2. The van der Waals surface area contributed by atoms with Gasteiger partial charge in [0, 0.05) is 13.1 Å². The third-order valence-electron chi connectivity index (χ3n) is 6.74. The van der Waals surface area contributed by atoms with Crippen molar-refractivity contribution < 1.29 is 19.1 Å². The first-order chi connectivity index (χ1) is 18.6. The number of carbonyl (C=O) groups is 2. The van der Waals surface area contributed by atoms with Crippen LogP contribution < -0.4 is 14.8 Å². The van der Waals surface area contributed by atoms with Crippen molar-refractivity contribution in [3.05, 3.63) is 108 Å². The number of hydrogen-bond donors (Lipinski definition) is 1. The molecule has 0 aromatic heterocycles. The fourth-order valence-corrected chi connectivity index (χ4v) is 4.68. The molecule has 2 amide bonds. The number of nitrogens with one attached hydrogen (secondary N) is 1. The van der Waals surface area contributed by atoms with Crippen LogP contribution in [0.4, 0.5) is 0 Å². The molecule has 1 aliphatic rings. The molecule has 0 saturated heterocycles.